The maximum atomic E-state index is 12.9. The van der Waals surface area contributed by atoms with Gasteiger partial charge in [0.15, 0.2) is 0 Å². The van der Waals surface area contributed by atoms with Crippen molar-refractivity contribution in [1.29, 1.82) is 0 Å². The van der Waals surface area contributed by atoms with Crippen LogP contribution in [0.3, 0.4) is 0 Å². The van der Waals surface area contributed by atoms with Crippen LogP contribution in [0, 0.1) is 13.8 Å². The number of hydrogen-bond acceptors (Lipinski definition) is 3. The molecule has 0 spiro atoms. The van der Waals surface area contributed by atoms with Crippen molar-refractivity contribution in [2.75, 3.05) is 0 Å². The molecule has 2 aromatic carbocycles. The first-order valence-corrected chi connectivity index (χ1v) is 9.60. The summed E-state index contributed by atoms with van der Waals surface area (Å²) in [4.78, 5) is 38.0. The number of carbonyl (C=O) groups is 3. The van der Waals surface area contributed by atoms with Crippen LogP contribution in [0.2, 0.25) is 0 Å². The van der Waals surface area contributed by atoms with E-state index in [1.807, 2.05) is 44.2 Å². The predicted molar refractivity (Wildman–Crippen MR) is 112 cm³/mol. The minimum Gasteiger partial charge on any atom is -0.319 e. The number of urea groups is 1. The molecule has 0 saturated carbocycles. The average molecular weight is 402 g/mol. The molecule has 30 heavy (non-hydrogen) atoms. The van der Waals surface area contributed by atoms with Crippen molar-refractivity contribution in [2.24, 2.45) is 0 Å². The van der Waals surface area contributed by atoms with E-state index in [9.17, 15) is 14.4 Å². The minimum atomic E-state index is -1.24. The van der Waals surface area contributed by atoms with Crippen LogP contribution in [-0.2, 0) is 10.3 Å². The Morgan fingerprint density at radius 1 is 0.900 bits per heavy atom. The molecule has 1 aliphatic rings. The highest BCUT2D eigenvalue weighted by Crippen LogP contribution is 2.27. The van der Waals surface area contributed by atoms with Gasteiger partial charge >= 0.3 is 6.03 Å². The maximum absolute atomic E-state index is 12.9. The molecule has 1 saturated heterocycles. The second-order valence-corrected chi connectivity index (χ2v) is 7.50. The summed E-state index contributed by atoms with van der Waals surface area (Å²) in [7, 11) is 0. The third-order valence-electron chi connectivity index (χ3n) is 5.41. The molecular weight excluding hydrogens is 380 g/mol. The minimum absolute atomic E-state index is 0.343. The van der Waals surface area contributed by atoms with E-state index in [0.717, 1.165) is 22.1 Å². The molecule has 4 rings (SSSR count). The van der Waals surface area contributed by atoms with Crippen molar-refractivity contribution >= 4 is 17.8 Å². The molecule has 0 unspecified atom stereocenters. The summed E-state index contributed by atoms with van der Waals surface area (Å²) >= 11 is 0. The van der Waals surface area contributed by atoms with Gasteiger partial charge in [-0.1, -0.05) is 30.3 Å². The van der Waals surface area contributed by atoms with Crippen LogP contribution in [0.25, 0.3) is 5.69 Å². The van der Waals surface area contributed by atoms with Crippen molar-refractivity contribution in [3.8, 4) is 5.69 Å². The van der Waals surface area contributed by atoms with Crippen LogP contribution in [0.1, 0.15) is 34.2 Å². The molecular formula is C23H22N4O3. The van der Waals surface area contributed by atoms with Gasteiger partial charge in [-0.15, -0.1) is 0 Å². The summed E-state index contributed by atoms with van der Waals surface area (Å²) in [5, 5.41) is 3.40. The Hall–Kier alpha value is -3.87. The van der Waals surface area contributed by atoms with Crippen LogP contribution < -0.4 is 10.7 Å². The molecule has 0 bridgehead atoms. The van der Waals surface area contributed by atoms with Crippen molar-refractivity contribution in [1.82, 2.24) is 20.3 Å². The lowest BCUT2D eigenvalue weighted by Gasteiger charge is -2.22. The molecule has 7 heteroatoms. The van der Waals surface area contributed by atoms with Crippen molar-refractivity contribution in [3.63, 3.8) is 0 Å². The number of rotatable bonds is 4. The van der Waals surface area contributed by atoms with Crippen molar-refractivity contribution < 1.29 is 14.4 Å². The van der Waals surface area contributed by atoms with Gasteiger partial charge in [-0.2, -0.15) is 5.01 Å². The van der Waals surface area contributed by atoms with E-state index in [0.29, 0.717) is 11.1 Å². The van der Waals surface area contributed by atoms with E-state index in [-0.39, 0.29) is 0 Å². The zero-order chi connectivity index (χ0) is 21.5. The fraction of sp³-hybridized carbons (Fsp3) is 0.174. The van der Waals surface area contributed by atoms with Gasteiger partial charge in [0.05, 0.1) is 0 Å². The smallest absolute Gasteiger partial charge is 0.319 e. The zero-order valence-corrected chi connectivity index (χ0v) is 17.0. The normalized spacial score (nSPS) is 18.4. The lowest BCUT2D eigenvalue weighted by atomic mass is 9.92. The molecule has 7 nitrogen and oxygen atoms in total. The fourth-order valence-corrected chi connectivity index (χ4v) is 3.71. The third kappa shape index (κ3) is 3.14. The van der Waals surface area contributed by atoms with Crippen LogP contribution in [0.4, 0.5) is 4.79 Å². The van der Waals surface area contributed by atoms with Gasteiger partial charge in [0.1, 0.15) is 5.54 Å². The number of hydrazine groups is 1. The Kier molecular flexibility index (Phi) is 4.66. The largest absolute Gasteiger partial charge is 0.344 e. The number of imide groups is 1. The summed E-state index contributed by atoms with van der Waals surface area (Å²) in [6.07, 6.45) is 0. The molecule has 2 heterocycles. The summed E-state index contributed by atoms with van der Waals surface area (Å²) in [5.41, 5.74) is 5.27. The van der Waals surface area contributed by atoms with Crippen molar-refractivity contribution in [2.45, 2.75) is 26.3 Å². The summed E-state index contributed by atoms with van der Waals surface area (Å²) in [6.45, 7) is 5.63. The van der Waals surface area contributed by atoms with Gasteiger partial charge in [-0.05, 0) is 62.7 Å². The number of benzene rings is 2. The van der Waals surface area contributed by atoms with Crippen LogP contribution in [0.5, 0.6) is 0 Å². The van der Waals surface area contributed by atoms with E-state index >= 15 is 0 Å². The number of amides is 4. The molecule has 4 amide bonds. The highest BCUT2D eigenvalue weighted by molar-refractivity contribution is 6.09. The maximum Gasteiger partial charge on any atom is 0.344 e. The van der Waals surface area contributed by atoms with Crippen LogP contribution >= 0.6 is 0 Å². The Labute approximate surface area is 174 Å². The average Bonchev–Trinajstić information content (AvgIpc) is 3.19. The number of aryl methyl sites for hydroxylation is 2. The first kappa shape index (κ1) is 19.4. The first-order chi connectivity index (χ1) is 14.3. The zero-order valence-electron chi connectivity index (χ0n) is 17.0. The van der Waals surface area contributed by atoms with Gasteiger partial charge in [0.2, 0.25) is 0 Å². The molecule has 0 radical (unpaired) electrons. The fourth-order valence-electron chi connectivity index (χ4n) is 3.71. The van der Waals surface area contributed by atoms with E-state index in [1.165, 1.54) is 0 Å². The Bertz CT molecular complexity index is 1120. The van der Waals surface area contributed by atoms with Crippen molar-refractivity contribution in [3.05, 3.63) is 89.2 Å². The first-order valence-electron chi connectivity index (χ1n) is 9.60. The Balaban J connectivity index is 1.53. The molecule has 1 fully saturated rings. The van der Waals surface area contributed by atoms with E-state index < -0.39 is 23.4 Å². The molecule has 1 aliphatic heterocycles. The monoisotopic (exact) mass is 402 g/mol. The number of hydrogen-bond donors (Lipinski definition) is 2. The lowest BCUT2D eigenvalue weighted by molar-refractivity contribution is -0.132. The van der Waals surface area contributed by atoms with Gasteiger partial charge in [-0.25, -0.2) is 4.79 Å². The molecule has 0 aliphatic carbocycles. The summed E-state index contributed by atoms with van der Waals surface area (Å²) in [5.74, 6) is -1.08. The quantitative estimate of drug-likeness (QED) is 0.658. The number of aromatic nitrogens is 1. The SMILES string of the molecule is Cc1ccc(C)n1-c1ccc(C(=O)NN2C(=O)N[C@](C)(c3ccccc3)C2=O)cc1. The van der Waals surface area contributed by atoms with Gasteiger partial charge in [-0.3, -0.25) is 15.0 Å². The summed E-state index contributed by atoms with van der Waals surface area (Å²) < 4.78 is 2.07. The molecule has 152 valence electrons. The third-order valence-corrected chi connectivity index (χ3v) is 5.41. The number of carbonyl (C=O) groups excluding carboxylic acids is 3. The Morgan fingerprint density at radius 3 is 2.10 bits per heavy atom. The van der Waals surface area contributed by atoms with E-state index in [1.54, 1.807) is 43.3 Å². The van der Waals surface area contributed by atoms with E-state index in [2.05, 4.69) is 15.3 Å². The highest BCUT2D eigenvalue weighted by atomic mass is 16.2. The van der Waals surface area contributed by atoms with Gasteiger partial charge in [0.25, 0.3) is 11.8 Å². The molecule has 1 aromatic heterocycles. The number of nitrogens with one attached hydrogen (secondary N) is 2. The lowest BCUT2D eigenvalue weighted by Crippen LogP contribution is -2.47. The molecule has 2 N–H and O–H groups in total. The molecule has 3 aromatic rings. The number of nitrogens with zero attached hydrogens (tertiary/aromatic N) is 2. The van der Waals surface area contributed by atoms with Crippen LogP contribution in [-0.4, -0.2) is 27.4 Å². The Morgan fingerprint density at radius 2 is 1.50 bits per heavy atom. The van der Waals surface area contributed by atoms with Gasteiger partial charge in [0, 0.05) is 22.6 Å². The summed E-state index contributed by atoms with van der Waals surface area (Å²) in [6, 6.07) is 19.3. The highest BCUT2D eigenvalue weighted by Gasteiger charge is 2.50. The second-order valence-electron chi connectivity index (χ2n) is 7.50. The van der Waals surface area contributed by atoms with Crippen LogP contribution in [0.15, 0.2) is 66.7 Å². The second kappa shape index (κ2) is 7.18. The van der Waals surface area contributed by atoms with Gasteiger partial charge < -0.3 is 9.88 Å². The predicted octanol–water partition coefficient (Wildman–Crippen LogP) is 3.21. The van der Waals surface area contributed by atoms with E-state index in [4.69, 9.17) is 0 Å². The standard InChI is InChI=1S/C23H22N4O3/c1-15-9-10-16(2)26(15)19-13-11-17(12-14-19)20(28)25-27-21(29)23(3,24-22(27)30)18-7-5-4-6-8-18/h4-14H,1-3H3,(H,24,30)(H,25,28)/t23-/m1/s1. The topological polar surface area (TPSA) is 83.4 Å². The molecule has 1 atom stereocenters.